The maximum Gasteiger partial charge on any atom is 0.241 e. The van der Waals surface area contributed by atoms with Gasteiger partial charge in [-0.25, -0.2) is 8.42 Å². The van der Waals surface area contributed by atoms with Gasteiger partial charge in [-0.1, -0.05) is 32.4 Å². The summed E-state index contributed by atoms with van der Waals surface area (Å²) >= 11 is 6.00. The number of halogens is 1. The average Bonchev–Trinajstić information content (AvgIpc) is 2.29. The number of anilines is 2. The molecule has 0 unspecified atom stereocenters. The van der Waals surface area contributed by atoms with E-state index < -0.39 is 21.5 Å². The van der Waals surface area contributed by atoms with Gasteiger partial charge in [-0.2, -0.15) is 0 Å². The van der Waals surface area contributed by atoms with Gasteiger partial charge >= 0.3 is 0 Å². The van der Waals surface area contributed by atoms with Crippen molar-refractivity contribution in [3.63, 3.8) is 0 Å². The van der Waals surface area contributed by atoms with Crippen molar-refractivity contribution in [1.82, 2.24) is 0 Å². The van der Waals surface area contributed by atoms with Crippen molar-refractivity contribution < 1.29 is 13.2 Å². The standard InChI is InChI=1S/C13H20ClN3O3S/c1-13(2,3)11(15)12(18)16-10-7-8(5-6-9(10)14)17-21(4,19)20/h5-7,11,17H,15H2,1-4H3,(H,16,18)/t11-/m1/s1. The maximum atomic E-state index is 12.1. The molecule has 1 atom stereocenters. The van der Waals surface area contributed by atoms with Crippen LogP contribution in [0.25, 0.3) is 0 Å². The van der Waals surface area contributed by atoms with E-state index in [0.29, 0.717) is 16.4 Å². The summed E-state index contributed by atoms with van der Waals surface area (Å²) in [5, 5.41) is 2.91. The van der Waals surface area contributed by atoms with Crippen molar-refractivity contribution in [3.05, 3.63) is 23.2 Å². The summed E-state index contributed by atoms with van der Waals surface area (Å²) in [6.45, 7) is 5.54. The summed E-state index contributed by atoms with van der Waals surface area (Å²) in [6.07, 6.45) is 1.04. The number of amides is 1. The Kier molecular flexibility index (Phi) is 5.25. The summed E-state index contributed by atoms with van der Waals surface area (Å²) in [5.74, 6) is -0.388. The first-order valence-corrected chi connectivity index (χ1v) is 8.51. The Hall–Kier alpha value is -1.31. The Morgan fingerprint density at radius 3 is 2.38 bits per heavy atom. The molecule has 0 aromatic heterocycles. The molecule has 1 aromatic rings. The van der Waals surface area contributed by atoms with Gasteiger partial charge in [0.25, 0.3) is 0 Å². The van der Waals surface area contributed by atoms with Gasteiger partial charge in [0.15, 0.2) is 0 Å². The lowest BCUT2D eigenvalue weighted by atomic mass is 9.87. The van der Waals surface area contributed by atoms with E-state index in [9.17, 15) is 13.2 Å². The van der Waals surface area contributed by atoms with Crippen molar-refractivity contribution >= 4 is 38.9 Å². The molecule has 0 bridgehead atoms. The zero-order chi connectivity index (χ0) is 16.4. The highest BCUT2D eigenvalue weighted by Gasteiger charge is 2.27. The van der Waals surface area contributed by atoms with Crippen molar-refractivity contribution in [1.29, 1.82) is 0 Å². The smallest absolute Gasteiger partial charge is 0.241 e. The third-order valence-corrected chi connectivity index (χ3v) is 3.68. The van der Waals surface area contributed by atoms with Crippen LogP contribution in [0.1, 0.15) is 20.8 Å². The molecule has 0 saturated heterocycles. The fourth-order valence-electron chi connectivity index (χ4n) is 1.50. The molecule has 118 valence electrons. The topological polar surface area (TPSA) is 101 Å². The maximum absolute atomic E-state index is 12.1. The predicted molar refractivity (Wildman–Crippen MR) is 86.0 cm³/mol. The number of rotatable bonds is 4. The number of benzene rings is 1. The molecule has 0 fully saturated rings. The Morgan fingerprint density at radius 1 is 1.33 bits per heavy atom. The molecule has 6 nitrogen and oxygen atoms in total. The van der Waals surface area contributed by atoms with E-state index in [1.807, 2.05) is 20.8 Å². The molecule has 0 aliphatic rings. The number of nitrogens with two attached hydrogens (primary N) is 1. The van der Waals surface area contributed by atoms with E-state index in [2.05, 4.69) is 10.0 Å². The van der Waals surface area contributed by atoms with Gasteiger partial charge in [0.05, 0.1) is 28.7 Å². The molecule has 0 aliphatic carbocycles. The van der Waals surface area contributed by atoms with Crippen molar-refractivity contribution in [3.8, 4) is 0 Å². The van der Waals surface area contributed by atoms with Crippen LogP contribution in [0.2, 0.25) is 5.02 Å². The second-order valence-corrected chi connectivity index (χ2v) is 8.06. The van der Waals surface area contributed by atoms with Crippen molar-refractivity contribution in [2.75, 3.05) is 16.3 Å². The zero-order valence-corrected chi connectivity index (χ0v) is 14.0. The number of hydrogen-bond acceptors (Lipinski definition) is 4. The summed E-state index contributed by atoms with van der Waals surface area (Å²) in [7, 11) is -3.41. The van der Waals surface area contributed by atoms with Crippen LogP contribution >= 0.6 is 11.6 Å². The van der Waals surface area contributed by atoms with Crippen molar-refractivity contribution in [2.24, 2.45) is 11.1 Å². The van der Waals surface area contributed by atoms with Gasteiger partial charge < -0.3 is 11.1 Å². The number of nitrogens with one attached hydrogen (secondary N) is 2. The van der Waals surface area contributed by atoms with Crippen LogP contribution in [0.15, 0.2) is 18.2 Å². The van der Waals surface area contributed by atoms with Crippen LogP contribution in [0.4, 0.5) is 11.4 Å². The summed E-state index contributed by atoms with van der Waals surface area (Å²) < 4.78 is 24.7. The molecule has 0 aliphatic heterocycles. The first-order chi connectivity index (χ1) is 9.40. The molecule has 1 amide bonds. The van der Waals surface area contributed by atoms with Gasteiger partial charge in [-0.3, -0.25) is 9.52 Å². The summed E-state index contributed by atoms with van der Waals surface area (Å²) in [5.41, 5.74) is 6.07. The molecule has 0 spiro atoms. The molecular formula is C13H20ClN3O3S. The monoisotopic (exact) mass is 333 g/mol. The van der Waals surface area contributed by atoms with Crippen LogP contribution in [0, 0.1) is 5.41 Å². The molecule has 8 heteroatoms. The van der Waals surface area contributed by atoms with Crippen LogP contribution in [0.5, 0.6) is 0 Å². The SMILES string of the molecule is CC(C)(C)[C@H](N)C(=O)Nc1cc(NS(C)(=O)=O)ccc1Cl. The Balaban J connectivity index is 2.98. The molecule has 21 heavy (non-hydrogen) atoms. The highest BCUT2D eigenvalue weighted by molar-refractivity contribution is 7.92. The third kappa shape index (κ3) is 5.53. The van der Waals surface area contributed by atoms with E-state index in [1.54, 1.807) is 0 Å². The fraction of sp³-hybridized carbons (Fsp3) is 0.462. The first kappa shape index (κ1) is 17.7. The quantitative estimate of drug-likeness (QED) is 0.784. The van der Waals surface area contributed by atoms with Crippen molar-refractivity contribution in [2.45, 2.75) is 26.8 Å². The van der Waals surface area contributed by atoms with Gasteiger partial charge in [0, 0.05) is 0 Å². The van der Waals surface area contributed by atoms with Crippen LogP contribution in [-0.4, -0.2) is 26.6 Å². The molecular weight excluding hydrogens is 314 g/mol. The van der Waals surface area contributed by atoms with E-state index >= 15 is 0 Å². The van der Waals surface area contributed by atoms with E-state index in [4.69, 9.17) is 17.3 Å². The lowest BCUT2D eigenvalue weighted by Crippen LogP contribution is -2.45. The number of carbonyl (C=O) groups is 1. The van der Waals surface area contributed by atoms with E-state index in [-0.39, 0.29) is 5.91 Å². The fourth-order valence-corrected chi connectivity index (χ4v) is 2.22. The molecule has 1 aromatic carbocycles. The minimum Gasteiger partial charge on any atom is -0.323 e. The van der Waals surface area contributed by atoms with Gasteiger partial charge in [0.2, 0.25) is 15.9 Å². The lowest BCUT2D eigenvalue weighted by molar-refractivity contribution is -0.119. The highest BCUT2D eigenvalue weighted by atomic mass is 35.5. The summed E-state index contributed by atoms with van der Waals surface area (Å²) in [6, 6.07) is 3.72. The average molecular weight is 334 g/mol. The number of hydrogen-bond donors (Lipinski definition) is 3. The summed E-state index contributed by atoms with van der Waals surface area (Å²) in [4.78, 5) is 12.1. The highest BCUT2D eigenvalue weighted by Crippen LogP contribution is 2.27. The normalized spacial score (nSPS) is 13.6. The Bertz CT molecular complexity index is 639. The largest absolute Gasteiger partial charge is 0.323 e. The predicted octanol–water partition coefficient (Wildman–Crippen LogP) is 2.02. The number of carbonyl (C=O) groups excluding carboxylic acids is 1. The third-order valence-electron chi connectivity index (χ3n) is 2.74. The van der Waals surface area contributed by atoms with Gasteiger partial charge in [-0.05, 0) is 23.6 Å². The molecule has 4 N–H and O–H groups in total. The van der Waals surface area contributed by atoms with Crippen LogP contribution in [-0.2, 0) is 14.8 Å². The van der Waals surface area contributed by atoms with E-state index in [0.717, 1.165) is 6.26 Å². The zero-order valence-electron chi connectivity index (χ0n) is 12.4. The molecule has 1 rings (SSSR count). The second kappa shape index (κ2) is 6.21. The molecule has 0 radical (unpaired) electrons. The van der Waals surface area contributed by atoms with Crippen LogP contribution in [0.3, 0.4) is 0 Å². The minimum absolute atomic E-state index is 0.295. The molecule has 0 saturated carbocycles. The Labute approximate surface area is 130 Å². The van der Waals surface area contributed by atoms with Gasteiger partial charge in [-0.15, -0.1) is 0 Å². The minimum atomic E-state index is -3.41. The molecule has 0 heterocycles. The Morgan fingerprint density at radius 2 is 1.90 bits per heavy atom. The lowest BCUT2D eigenvalue weighted by Gasteiger charge is -2.26. The van der Waals surface area contributed by atoms with Crippen LogP contribution < -0.4 is 15.8 Å². The first-order valence-electron chi connectivity index (χ1n) is 6.24. The van der Waals surface area contributed by atoms with E-state index in [1.165, 1.54) is 18.2 Å². The van der Waals surface area contributed by atoms with Gasteiger partial charge in [0.1, 0.15) is 0 Å². The number of sulfonamides is 1. The second-order valence-electron chi connectivity index (χ2n) is 5.90.